The van der Waals surface area contributed by atoms with Gasteiger partial charge in [-0.2, -0.15) is 10.5 Å². The summed E-state index contributed by atoms with van der Waals surface area (Å²) in [4.78, 5) is 0. The maximum atomic E-state index is 13.8. The van der Waals surface area contributed by atoms with Crippen LogP contribution in [-0.4, -0.2) is 20.6 Å². The van der Waals surface area contributed by atoms with E-state index in [2.05, 4.69) is 41.9 Å². The Balaban J connectivity index is 2.28. The van der Waals surface area contributed by atoms with Crippen LogP contribution in [0, 0.1) is 17.1 Å². The van der Waals surface area contributed by atoms with Crippen molar-refractivity contribution in [1.82, 2.24) is 20.6 Å². The molecule has 0 spiro atoms. The first-order valence-electron chi connectivity index (χ1n) is 4.87. The summed E-state index contributed by atoms with van der Waals surface area (Å²) >= 11 is 8.85. The molecule has 0 bridgehead atoms. The van der Waals surface area contributed by atoms with E-state index in [1.165, 1.54) is 12.3 Å². The predicted molar refractivity (Wildman–Crippen MR) is 70.5 cm³/mol. The molecule has 0 aliphatic rings. The second-order valence-corrected chi connectivity index (χ2v) is 4.50. The summed E-state index contributed by atoms with van der Waals surface area (Å²) in [6.07, 6.45) is 1.27. The Bertz CT molecular complexity index is 663. The number of rotatable bonds is 3. The van der Waals surface area contributed by atoms with Crippen molar-refractivity contribution < 1.29 is 4.39 Å². The van der Waals surface area contributed by atoms with Gasteiger partial charge in [0, 0.05) is 10.7 Å². The lowest BCUT2D eigenvalue weighted by molar-refractivity contribution is 0.631. The lowest BCUT2D eigenvalue weighted by Crippen LogP contribution is -1.96. The highest BCUT2D eigenvalue weighted by atomic mass is 79.9. The summed E-state index contributed by atoms with van der Waals surface area (Å²) in [5, 5.41) is 24.4. The predicted octanol–water partition coefficient (Wildman–Crippen LogP) is 2.73. The molecule has 96 valence electrons. The van der Waals surface area contributed by atoms with Crippen LogP contribution in [0.25, 0.3) is 5.57 Å². The van der Waals surface area contributed by atoms with Gasteiger partial charge < -0.3 is 5.32 Å². The van der Waals surface area contributed by atoms with Crippen LogP contribution >= 0.6 is 27.5 Å². The number of aromatic nitrogens is 4. The highest BCUT2D eigenvalue weighted by Crippen LogP contribution is 2.30. The molecule has 0 saturated heterocycles. The van der Waals surface area contributed by atoms with Crippen LogP contribution in [-0.2, 0) is 0 Å². The minimum atomic E-state index is -0.627. The minimum absolute atomic E-state index is 0.0449. The molecule has 1 heterocycles. The molecule has 19 heavy (non-hydrogen) atoms. The number of nitrogens with zero attached hydrogens (tertiary/aromatic N) is 4. The van der Waals surface area contributed by atoms with E-state index in [-0.39, 0.29) is 22.1 Å². The number of nitrogens with one attached hydrogen (secondary N) is 2. The van der Waals surface area contributed by atoms with Crippen molar-refractivity contribution in [2.75, 3.05) is 5.32 Å². The van der Waals surface area contributed by atoms with Gasteiger partial charge in [-0.05, 0) is 33.3 Å². The summed E-state index contributed by atoms with van der Waals surface area (Å²) in [6.45, 7) is 0. The van der Waals surface area contributed by atoms with Gasteiger partial charge in [-0.25, -0.2) is 4.39 Å². The largest absolute Gasteiger partial charge is 0.358 e. The fourth-order valence-electron chi connectivity index (χ4n) is 1.21. The Morgan fingerprint density at radius 1 is 1.58 bits per heavy atom. The molecule has 6 nitrogen and oxygen atoms in total. The Labute approximate surface area is 120 Å². The Kier molecular flexibility index (Phi) is 4.09. The summed E-state index contributed by atoms with van der Waals surface area (Å²) < 4.78 is 14.2. The molecule has 0 saturated carbocycles. The summed E-state index contributed by atoms with van der Waals surface area (Å²) in [6, 6.07) is 4.93. The molecule has 2 N–H and O–H groups in total. The third-order valence-corrected chi connectivity index (χ3v) is 3.37. The average molecular weight is 344 g/mol. The number of hydrogen-bond acceptors (Lipinski definition) is 5. The van der Waals surface area contributed by atoms with Crippen LogP contribution in [0.4, 0.5) is 10.1 Å². The Hall–Kier alpha value is -1.98. The van der Waals surface area contributed by atoms with Crippen LogP contribution < -0.4 is 5.32 Å². The highest BCUT2D eigenvalue weighted by Gasteiger charge is 2.10. The van der Waals surface area contributed by atoms with Gasteiger partial charge >= 0.3 is 0 Å². The fraction of sp³-hybridized carbons (Fsp3) is 0. The highest BCUT2D eigenvalue weighted by molar-refractivity contribution is 9.10. The number of tetrazole rings is 1. The van der Waals surface area contributed by atoms with Gasteiger partial charge in [0.1, 0.15) is 11.6 Å². The second-order valence-electron chi connectivity index (χ2n) is 3.27. The SMILES string of the molecule is N#CC(=CNc1ccc(Br)c(Cl)c1F)c1nn[nH]n1. The number of hydrogen-bond donors (Lipinski definition) is 2. The van der Waals surface area contributed by atoms with E-state index < -0.39 is 5.82 Å². The maximum absolute atomic E-state index is 13.8. The normalized spacial score (nSPS) is 11.2. The van der Waals surface area contributed by atoms with Gasteiger partial charge in [-0.1, -0.05) is 11.6 Å². The minimum Gasteiger partial charge on any atom is -0.358 e. The molecular weight excluding hydrogens is 339 g/mol. The third-order valence-electron chi connectivity index (χ3n) is 2.11. The molecule has 9 heteroatoms. The van der Waals surface area contributed by atoms with Gasteiger partial charge in [0.25, 0.3) is 0 Å². The lowest BCUT2D eigenvalue weighted by Gasteiger charge is -2.05. The standard InChI is InChI=1S/C10H5BrClFN6/c11-6-1-2-7(9(13)8(6)12)15-4-5(3-14)10-16-18-19-17-10/h1-2,4,15H,(H,16,17,18,19). The number of H-pyrrole nitrogens is 1. The quantitative estimate of drug-likeness (QED) is 0.660. The number of halogens is 3. The monoisotopic (exact) mass is 342 g/mol. The summed E-state index contributed by atoms with van der Waals surface area (Å²) in [7, 11) is 0. The molecule has 1 aromatic heterocycles. The molecule has 0 atom stereocenters. The summed E-state index contributed by atoms with van der Waals surface area (Å²) in [5.74, 6) is -0.517. The molecule has 1 aromatic carbocycles. The zero-order valence-corrected chi connectivity index (χ0v) is 11.5. The number of anilines is 1. The molecule has 0 amide bonds. The van der Waals surface area contributed by atoms with Crippen LogP contribution in [0.2, 0.25) is 5.02 Å². The van der Waals surface area contributed by atoms with Gasteiger partial charge in [-0.15, -0.1) is 10.2 Å². The topological polar surface area (TPSA) is 90.3 Å². The van der Waals surface area contributed by atoms with Crippen LogP contribution in [0.15, 0.2) is 22.8 Å². The first kappa shape index (κ1) is 13.5. The van der Waals surface area contributed by atoms with E-state index in [1.807, 2.05) is 6.07 Å². The molecule has 2 rings (SSSR count). The lowest BCUT2D eigenvalue weighted by atomic mass is 10.3. The Morgan fingerprint density at radius 3 is 3.00 bits per heavy atom. The fourth-order valence-corrected chi connectivity index (χ4v) is 1.68. The van der Waals surface area contributed by atoms with E-state index in [0.29, 0.717) is 4.47 Å². The van der Waals surface area contributed by atoms with E-state index in [0.717, 1.165) is 0 Å². The zero-order chi connectivity index (χ0) is 13.8. The molecule has 0 unspecified atom stereocenters. The number of allylic oxidation sites excluding steroid dienone is 1. The third kappa shape index (κ3) is 2.89. The van der Waals surface area contributed by atoms with E-state index >= 15 is 0 Å². The van der Waals surface area contributed by atoms with Crippen molar-refractivity contribution >= 4 is 38.8 Å². The van der Waals surface area contributed by atoms with Crippen molar-refractivity contribution in [3.63, 3.8) is 0 Å². The second kappa shape index (κ2) is 5.77. The van der Waals surface area contributed by atoms with E-state index in [9.17, 15) is 4.39 Å². The van der Waals surface area contributed by atoms with Crippen molar-refractivity contribution in [1.29, 1.82) is 5.26 Å². The maximum Gasteiger partial charge on any atom is 0.216 e. The van der Waals surface area contributed by atoms with Gasteiger partial charge in [-0.3, -0.25) is 0 Å². The van der Waals surface area contributed by atoms with Crippen molar-refractivity contribution in [2.24, 2.45) is 0 Å². The van der Waals surface area contributed by atoms with E-state index in [1.54, 1.807) is 6.07 Å². The van der Waals surface area contributed by atoms with Crippen molar-refractivity contribution in [3.8, 4) is 6.07 Å². The molecule has 0 aliphatic carbocycles. The smallest absolute Gasteiger partial charge is 0.216 e. The Morgan fingerprint density at radius 2 is 2.37 bits per heavy atom. The van der Waals surface area contributed by atoms with Crippen LogP contribution in [0.1, 0.15) is 5.82 Å². The molecule has 2 aromatic rings. The van der Waals surface area contributed by atoms with Crippen LogP contribution in [0.3, 0.4) is 0 Å². The zero-order valence-electron chi connectivity index (χ0n) is 9.15. The molecular formula is C10H5BrClFN6. The van der Waals surface area contributed by atoms with Crippen LogP contribution in [0.5, 0.6) is 0 Å². The van der Waals surface area contributed by atoms with Crippen molar-refractivity contribution in [3.05, 3.63) is 39.5 Å². The number of aromatic amines is 1. The first-order valence-corrected chi connectivity index (χ1v) is 6.04. The average Bonchev–Trinajstić information content (AvgIpc) is 2.93. The molecule has 0 radical (unpaired) electrons. The van der Waals surface area contributed by atoms with Gasteiger partial charge in [0.2, 0.25) is 5.82 Å². The van der Waals surface area contributed by atoms with Gasteiger partial charge in [0.05, 0.1) is 10.7 Å². The first-order chi connectivity index (χ1) is 9.13. The number of benzene rings is 1. The summed E-state index contributed by atoms with van der Waals surface area (Å²) in [5.41, 5.74) is 0.233. The van der Waals surface area contributed by atoms with E-state index in [4.69, 9.17) is 16.9 Å². The van der Waals surface area contributed by atoms with Gasteiger partial charge in [0.15, 0.2) is 5.82 Å². The van der Waals surface area contributed by atoms with Crippen molar-refractivity contribution in [2.45, 2.75) is 0 Å². The molecule has 0 aliphatic heterocycles. The molecule has 0 fully saturated rings. The number of nitriles is 1.